The molecular weight excluding hydrogens is 140 g/mol. The van der Waals surface area contributed by atoms with Gasteiger partial charge in [0.2, 0.25) is 0 Å². The van der Waals surface area contributed by atoms with Gasteiger partial charge >= 0.3 is 0 Å². The molecule has 1 N–H and O–H groups in total. The van der Waals surface area contributed by atoms with Gasteiger partial charge in [-0.3, -0.25) is 9.97 Å². The van der Waals surface area contributed by atoms with Crippen molar-refractivity contribution < 1.29 is 5.11 Å². The van der Waals surface area contributed by atoms with Crippen molar-refractivity contribution >= 4 is 0 Å². The minimum absolute atomic E-state index is 0.187. The van der Waals surface area contributed by atoms with Crippen LogP contribution in [0.3, 0.4) is 0 Å². The molecule has 60 valence electrons. The number of aromatic nitrogens is 2. The van der Waals surface area contributed by atoms with Crippen molar-refractivity contribution in [2.45, 2.75) is 20.0 Å². The predicted molar refractivity (Wildman–Crippen MR) is 41.8 cm³/mol. The Morgan fingerprint density at radius 1 is 1.36 bits per heavy atom. The van der Waals surface area contributed by atoms with Crippen LogP contribution >= 0.6 is 0 Å². The zero-order chi connectivity index (χ0) is 8.27. The molecule has 0 fully saturated rings. The minimum atomic E-state index is -0.497. The lowest BCUT2D eigenvalue weighted by Gasteiger charge is -2.12. The van der Waals surface area contributed by atoms with E-state index in [1.54, 1.807) is 18.6 Å². The highest BCUT2D eigenvalue weighted by Crippen LogP contribution is 2.17. The summed E-state index contributed by atoms with van der Waals surface area (Å²) < 4.78 is 0. The summed E-state index contributed by atoms with van der Waals surface area (Å²) in [4.78, 5) is 7.85. The molecule has 0 bridgehead atoms. The van der Waals surface area contributed by atoms with Gasteiger partial charge in [-0.1, -0.05) is 13.8 Å². The Kier molecular flexibility index (Phi) is 2.54. The number of hydrogen-bond donors (Lipinski definition) is 1. The maximum absolute atomic E-state index is 9.50. The highest BCUT2D eigenvalue weighted by Gasteiger charge is 2.12. The third kappa shape index (κ3) is 1.98. The molecular formula is C8H12N2O. The molecule has 0 saturated heterocycles. The normalized spacial score (nSPS) is 13.5. The first-order valence-electron chi connectivity index (χ1n) is 3.66. The van der Waals surface area contributed by atoms with E-state index in [1.807, 2.05) is 13.8 Å². The van der Waals surface area contributed by atoms with E-state index in [0.29, 0.717) is 5.69 Å². The summed E-state index contributed by atoms with van der Waals surface area (Å²) in [6.45, 7) is 3.89. The standard InChI is InChI=1S/C8H12N2O/c1-6(2)8(11)7-5-9-3-4-10-7/h3-6,8,11H,1-2H3. The van der Waals surface area contributed by atoms with Gasteiger partial charge in [0.25, 0.3) is 0 Å². The quantitative estimate of drug-likeness (QED) is 0.691. The molecule has 0 radical (unpaired) electrons. The van der Waals surface area contributed by atoms with Crippen LogP contribution in [0.5, 0.6) is 0 Å². The molecule has 1 rings (SSSR count). The first-order valence-corrected chi connectivity index (χ1v) is 3.66. The molecule has 11 heavy (non-hydrogen) atoms. The molecule has 3 nitrogen and oxygen atoms in total. The molecule has 0 amide bonds. The molecule has 3 heteroatoms. The van der Waals surface area contributed by atoms with Gasteiger partial charge in [-0.2, -0.15) is 0 Å². The van der Waals surface area contributed by atoms with Crippen LogP contribution < -0.4 is 0 Å². The molecule has 1 aromatic heterocycles. The molecule has 0 spiro atoms. The highest BCUT2D eigenvalue weighted by atomic mass is 16.3. The van der Waals surface area contributed by atoms with Crippen LogP contribution in [0.2, 0.25) is 0 Å². The molecule has 1 aromatic rings. The Labute approximate surface area is 66.1 Å². The Bertz CT molecular complexity index is 211. The van der Waals surface area contributed by atoms with Crippen molar-refractivity contribution in [3.05, 3.63) is 24.3 Å². The average molecular weight is 152 g/mol. The molecule has 0 aliphatic rings. The molecule has 0 aliphatic carbocycles. The zero-order valence-corrected chi connectivity index (χ0v) is 6.73. The predicted octanol–water partition coefficient (Wildman–Crippen LogP) is 1.17. The Balaban J connectivity index is 2.77. The fraction of sp³-hybridized carbons (Fsp3) is 0.500. The first kappa shape index (κ1) is 8.14. The van der Waals surface area contributed by atoms with Crippen LogP contribution in [-0.4, -0.2) is 15.1 Å². The van der Waals surface area contributed by atoms with Gasteiger partial charge in [0.15, 0.2) is 0 Å². The zero-order valence-electron chi connectivity index (χ0n) is 6.73. The van der Waals surface area contributed by atoms with Crippen molar-refractivity contribution in [1.82, 2.24) is 9.97 Å². The van der Waals surface area contributed by atoms with Gasteiger partial charge in [-0.15, -0.1) is 0 Å². The fourth-order valence-electron chi connectivity index (χ4n) is 0.805. The third-order valence-electron chi connectivity index (χ3n) is 1.52. The fourth-order valence-corrected chi connectivity index (χ4v) is 0.805. The highest BCUT2D eigenvalue weighted by molar-refractivity contribution is 4.99. The summed E-state index contributed by atoms with van der Waals surface area (Å²) >= 11 is 0. The first-order chi connectivity index (χ1) is 5.22. The Hall–Kier alpha value is -0.960. The van der Waals surface area contributed by atoms with E-state index >= 15 is 0 Å². The summed E-state index contributed by atoms with van der Waals surface area (Å²) in [6, 6.07) is 0. The van der Waals surface area contributed by atoms with E-state index in [-0.39, 0.29) is 5.92 Å². The summed E-state index contributed by atoms with van der Waals surface area (Å²) in [5.74, 6) is 0.187. The van der Waals surface area contributed by atoms with Gasteiger partial charge in [0.1, 0.15) is 0 Å². The molecule has 0 aromatic carbocycles. The molecule has 0 saturated carbocycles. The summed E-state index contributed by atoms with van der Waals surface area (Å²) in [6.07, 6.45) is 4.27. The van der Waals surface area contributed by atoms with E-state index < -0.39 is 6.10 Å². The lowest BCUT2D eigenvalue weighted by atomic mass is 10.1. The van der Waals surface area contributed by atoms with Crippen molar-refractivity contribution in [3.8, 4) is 0 Å². The molecule has 0 aliphatic heterocycles. The van der Waals surface area contributed by atoms with Gasteiger partial charge in [-0.05, 0) is 5.92 Å². The average Bonchev–Trinajstić information content (AvgIpc) is 2.05. The Morgan fingerprint density at radius 3 is 2.55 bits per heavy atom. The number of rotatable bonds is 2. The monoisotopic (exact) mass is 152 g/mol. The van der Waals surface area contributed by atoms with Crippen LogP contribution in [-0.2, 0) is 0 Å². The van der Waals surface area contributed by atoms with E-state index in [2.05, 4.69) is 9.97 Å². The second kappa shape index (κ2) is 3.44. The van der Waals surface area contributed by atoms with E-state index in [4.69, 9.17) is 0 Å². The number of aliphatic hydroxyl groups excluding tert-OH is 1. The second-order valence-corrected chi connectivity index (χ2v) is 2.82. The molecule has 1 unspecified atom stereocenters. The van der Waals surface area contributed by atoms with Gasteiger partial charge in [0, 0.05) is 12.4 Å². The van der Waals surface area contributed by atoms with E-state index in [1.165, 1.54) is 0 Å². The smallest absolute Gasteiger partial charge is 0.0998 e. The van der Waals surface area contributed by atoms with Crippen molar-refractivity contribution in [2.75, 3.05) is 0 Å². The van der Waals surface area contributed by atoms with Crippen LogP contribution in [0.25, 0.3) is 0 Å². The largest absolute Gasteiger partial charge is 0.386 e. The Morgan fingerprint density at radius 2 is 2.09 bits per heavy atom. The van der Waals surface area contributed by atoms with Crippen LogP contribution in [0.4, 0.5) is 0 Å². The number of aliphatic hydroxyl groups is 1. The van der Waals surface area contributed by atoms with E-state index in [9.17, 15) is 5.11 Å². The summed E-state index contributed by atoms with van der Waals surface area (Å²) in [7, 11) is 0. The maximum Gasteiger partial charge on any atom is 0.0998 e. The van der Waals surface area contributed by atoms with Crippen molar-refractivity contribution in [2.24, 2.45) is 5.92 Å². The second-order valence-electron chi connectivity index (χ2n) is 2.82. The number of hydrogen-bond acceptors (Lipinski definition) is 3. The summed E-state index contributed by atoms with van der Waals surface area (Å²) in [5.41, 5.74) is 0.641. The van der Waals surface area contributed by atoms with Crippen molar-refractivity contribution in [3.63, 3.8) is 0 Å². The van der Waals surface area contributed by atoms with Crippen molar-refractivity contribution in [1.29, 1.82) is 0 Å². The van der Waals surface area contributed by atoms with Crippen LogP contribution in [0.15, 0.2) is 18.6 Å². The SMILES string of the molecule is CC(C)C(O)c1cnccn1. The third-order valence-corrected chi connectivity index (χ3v) is 1.52. The number of nitrogens with zero attached hydrogens (tertiary/aromatic N) is 2. The van der Waals surface area contributed by atoms with E-state index in [0.717, 1.165) is 0 Å². The lowest BCUT2D eigenvalue weighted by Crippen LogP contribution is -2.07. The maximum atomic E-state index is 9.50. The minimum Gasteiger partial charge on any atom is -0.386 e. The molecule has 1 heterocycles. The van der Waals surface area contributed by atoms with Crippen LogP contribution in [0, 0.1) is 5.92 Å². The van der Waals surface area contributed by atoms with Gasteiger partial charge < -0.3 is 5.11 Å². The van der Waals surface area contributed by atoms with Gasteiger partial charge in [-0.25, -0.2) is 0 Å². The molecule has 1 atom stereocenters. The summed E-state index contributed by atoms with van der Waals surface area (Å²) in [5, 5.41) is 9.50. The topological polar surface area (TPSA) is 46.0 Å². The van der Waals surface area contributed by atoms with Gasteiger partial charge in [0.05, 0.1) is 18.0 Å². The van der Waals surface area contributed by atoms with Crippen LogP contribution in [0.1, 0.15) is 25.6 Å². The lowest BCUT2D eigenvalue weighted by molar-refractivity contribution is 0.122.